The summed E-state index contributed by atoms with van der Waals surface area (Å²) in [6.07, 6.45) is 0.718. The molecule has 118 valence electrons. The molecule has 0 spiro atoms. The second kappa shape index (κ2) is 7.88. The van der Waals surface area contributed by atoms with Gasteiger partial charge in [0.25, 0.3) is 0 Å². The quantitative estimate of drug-likeness (QED) is 0.589. The van der Waals surface area contributed by atoms with Gasteiger partial charge in [0.1, 0.15) is 6.61 Å². The Morgan fingerprint density at radius 2 is 1.81 bits per heavy atom. The van der Waals surface area contributed by atoms with Crippen LogP contribution in [0.2, 0.25) is 0 Å². The van der Waals surface area contributed by atoms with E-state index in [1.165, 1.54) is 0 Å². The predicted molar refractivity (Wildman–Crippen MR) is 85.3 cm³/mol. The molecule has 2 N–H and O–H groups in total. The first-order valence-corrected chi connectivity index (χ1v) is 7.21. The fourth-order valence-corrected chi connectivity index (χ4v) is 2.34. The van der Waals surface area contributed by atoms with Gasteiger partial charge in [-0.25, -0.2) is 0 Å². The molecule has 0 aliphatic heterocycles. The van der Waals surface area contributed by atoms with Crippen LogP contribution in [-0.4, -0.2) is 43.5 Å². The number of aldehydes is 1. The first kappa shape index (κ1) is 17.3. The molecule has 0 radical (unpaired) electrons. The second-order valence-electron chi connectivity index (χ2n) is 5.52. The summed E-state index contributed by atoms with van der Waals surface area (Å²) in [4.78, 5) is 13.3. The average molecular weight is 294 g/mol. The van der Waals surface area contributed by atoms with Crippen LogP contribution in [0.3, 0.4) is 0 Å². The molecule has 0 bridgehead atoms. The van der Waals surface area contributed by atoms with Crippen LogP contribution < -0.4 is 15.2 Å². The summed E-state index contributed by atoms with van der Waals surface area (Å²) in [6.45, 7) is 9.97. The highest BCUT2D eigenvalue weighted by Crippen LogP contribution is 2.31. The summed E-state index contributed by atoms with van der Waals surface area (Å²) in [7, 11) is 1.55. The van der Waals surface area contributed by atoms with Crippen molar-refractivity contribution in [1.29, 1.82) is 0 Å². The number of benzene rings is 1. The van der Waals surface area contributed by atoms with Crippen LogP contribution in [0.1, 0.15) is 38.1 Å². The lowest BCUT2D eigenvalue weighted by Gasteiger charge is -2.30. The zero-order chi connectivity index (χ0) is 16.0. The Kier molecular flexibility index (Phi) is 6.49. The van der Waals surface area contributed by atoms with Gasteiger partial charge < -0.3 is 15.2 Å². The Bertz CT molecular complexity index is 465. The molecule has 21 heavy (non-hydrogen) atoms. The summed E-state index contributed by atoms with van der Waals surface area (Å²) in [5, 5.41) is 0. The van der Waals surface area contributed by atoms with Gasteiger partial charge in [-0.1, -0.05) is 0 Å². The van der Waals surface area contributed by atoms with Crippen LogP contribution in [0.5, 0.6) is 11.5 Å². The van der Waals surface area contributed by atoms with Crippen molar-refractivity contribution < 1.29 is 14.3 Å². The highest BCUT2D eigenvalue weighted by atomic mass is 16.5. The molecule has 0 aliphatic carbocycles. The minimum Gasteiger partial charge on any atom is -0.493 e. The minimum atomic E-state index is 0.389. The van der Waals surface area contributed by atoms with Gasteiger partial charge in [0, 0.05) is 35.9 Å². The Morgan fingerprint density at radius 1 is 1.19 bits per heavy atom. The van der Waals surface area contributed by atoms with Crippen LogP contribution in [0, 0.1) is 0 Å². The SMILES string of the molecule is COc1cc(N)c(C=O)cc1OCCN(C(C)C)C(C)C. The van der Waals surface area contributed by atoms with E-state index in [0.29, 0.717) is 41.4 Å². The topological polar surface area (TPSA) is 64.8 Å². The van der Waals surface area contributed by atoms with E-state index < -0.39 is 0 Å². The Balaban J connectivity index is 2.76. The standard InChI is InChI=1S/C16H26N2O3/c1-11(2)18(12(3)4)6-7-21-16-8-13(10-19)14(17)9-15(16)20-5/h8-12H,6-7,17H2,1-5H3. The third-order valence-electron chi connectivity index (χ3n) is 3.43. The molecule has 0 heterocycles. The normalized spacial score (nSPS) is 11.2. The molecular weight excluding hydrogens is 268 g/mol. The van der Waals surface area contributed by atoms with Crippen molar-refractivity contribution in [3.05, 3.63) is 17.7 Å². The number of hydrogen-bond donors (Lipinski definition) is 1. The number of nitrogens with zero attached hydrogens (tertiary/aromatic N) is 1. The molecular formula is C16H26N2O3. The first-order chi connectivity index (χ1) is 9.90. The van der Waals surface area contributed by atoms with Gasteiger partial charge in [0.05, 0.1) is 7.11 Å². The molecule has 5 heteroatoms. The van der Waals surface area contributed by atoms with E-state index in [-0.39, 0.29) is 0 Å². The third kappa shape index (κ3) is 4.63. The van der Waals surface area contributed by atoms with Crippen molar-refractivity contribution in [2.24, 2.45) is 0 Å². The summed E-state index contributed by atoms with van der Waals surface area (Å²) < 4.78 is 11.0. The Hall–Kier alpha value is -1.75. The summed E-state index contributed by atoms with van der Waals surface area (Å²) in [5.41, 5.74) is 6.56. The summed E-state index contributed by atoms with van der Waals surface area (Å²) in [6, 6.07) is 4.14. The van der Waals surface area contributed by atoms with E-state index in [4.69, 9.17) is 15.2 Å². The Labute approximate surface area is 127 Å². The van der Waals surface area contributed by atoms with Gasteiger partial charge in [0.2, 0.25) is 0 Å². The van der Waals surface area contributed by atoms with Gasteiger partial charge in [0.15, 0.2) is 17.8 Å². The molecule has 0 aromatic heterocycles. The molecule has 5 nitrogen and oxygen atoms in total. The van der Waals surface area contributed by atoms with Crippen LogP contribution in [0.25, 0.3) is 0 Å². The van der Waals surface area contributed by atoms with E-state index in [1.807, 2.05) is 0 Å². The smallest absolute Gasteiger partial charge is 0.162 e. The first-order valence-electron chi connectivity index (χ1n) is 7.21. The van der Waals surface area contributed by atoms with Crippen LogP contribution >= 0.6 is 0 Å². The van der Waals surface area contributed by atoms with Crippen molar-refractivity contribution in [2.75, 3.05) is 26.0 Å². The fourth-order valence-electron chi connectivity index (χ4n) is 2.34. The average Bonchev–Trinajstić information content (AvgIpc) is 2.43. The molecule has 1 aromatic rings. The van der Waals surface area contributed by atoms with Gasteiger partial charge in [-0.05, 0) is 33.8 Å². The second-order valence-corrected chi connectivity index (χ2v) is 5.52. The molecule has 0 amide bonds. The molecule has 1 rings (SSSR count). The summed E-state index contributed by atoms with van der Waals surface area (Å²) >= 11 is 0. The van der Waals surface area contributed by atoms with Crippen molar-refractivity contribution in [3.8, 4) is 11.5 Å². The van der Waals surface area contributed by atoms with E-state index in [0.717, 1.165) is 12.8 Å². The zero-order valence-corrected chi connectivity index (χ0v) is 13.6. The lowest BCUT2D eigenvalue weighted by atomic mass is 10.2. The molecule has 0 atom stereocenters. The van der Waals surface area contributed by atoms with Crippen molar-refractivity contribution in [2.45, 2.75) is 39.8 Å². The van der Waals surface area contributed by atoms with Crippen molar-refractivity contribution >= 4 is 12.0 Å². The number of methoxy groups -OCH3 is 1. The number of carbonyl (C=O) groups is 1. The molecule has 1 aromatic carbocycles. The number of hydrogen-bond acceptors (Lipinski definition) is 5. The van der Waals surface area contributed by atoms with Crippen LogP contribution in [0.4, 0.5) is 5.69 Å². The highest BCUT2D eigenvalue weighted by molar-refractivity contribution is 5.85. The number of nitrogens with two attached hydrogens (primary N) is 1. The maximum Gasteiger partial charge on any atom is 0.162 e. The minimum absolute atomic E-state index is 0.389. The zero-order valence-electron chi connectivity index (χ0n) is 13.6. The van der Waals surface area contributed by atoms with Crippen molar-refractivity contribution in [3.63, 3.8) is 0 Å². The van der Waals surface area contributed by atoms with Gasteiger partial charge >= 0.3 is 0 Å². The van der Waals surface area contributed by atoms with Gasteiger partial charge in [-0.3, -0.25) is 9.69 Å². The van der Waals surface area contributed by atoms with E-state index in [1.54, 1.807) is 19.2 Å². The van der Waals surface area contributed by atoms with Crippen LogP contribution in [0.15, 0.2) is 12.1 Å². The third-order valence-corrected chi connectivity index (χ3v) is 3.43. The monoisotopic (exact) mass is 294 g/mol. The molecule has 0 saturated heterocycles. The highest BCUT2D eigenvalue weighted by Gasteiger charge is 2.14. The van der Waals surface area contributed by atoms with Crippen LogP contribution in [-0.2, 0) is 0 Å². The number of anilines is 1. The number of ether oxygens (including phenoxy) is 2. The maximum absolute atomic E-state index is 11.0. The number of nitrogen functional groups attached to an aromatic ring is 1. The molecule has 0 saturated carbocycles. The molecule has 0 unspecified atom stereocenters. The largest absolute Gasteiger partial charge is 0.493 e. The maximum atomic E-state index is 11.0. The molecule has 0 aliphatic rings. The van der Waals surface area contributed by atoms with E-state index in [9.17, 15) is 4.79 Å². The fraction of sp³-hybridized carbons (Fsp3) is 0.562. The number of carbonyl (C=O) groups excluding carboxylic acids is 1. The lowest BCUT2D eigenvalue weighted by molar-refractivity contribution is 0.112. The number of rotatable bonds is 8. The summed E-state index contributed by atoms with van der Waals surface area (Å²) in [5.74, 6) is 1.08. The Morgan fingerprint density at radius 3 is 2.29 bits per heavy atom. The molecule has 0 fully saturated rings. The van der Waals surface area contributed by atoms with E-state index in [2.05, 4.69) is 32.6 Å². The van der Waals surface area contributed by atoms with Gasteiger partial charge in [-0.15, -0.1) is 0 Å². The predicted octanol–water partition coefficient (Wildman–Crippen LogP) is 2.59. The van der Waals surface area contributed by atoms with Gasteiger partial charge in [-0.2, -0.15) is 0 Å². The lowest BCUT2D eigenvalue weighted by Crippen LogP contribution is -2.39. The van der Waals surface area contributed by atoms with Crippen molar-refractivity contribution in [1.82, 2.24) is 4.90 Å². The van der Waals surface area contributed by atoms with E-state index >= 15 is 0 Å².